The molecule has 0 aliphatic rings. The molecule has 124 valence electrons. The van der Waals surface area contributed by atoms with E-state index >= 15 is 0 Å². The first-order chi connectivity index (χ1) is 12.2. The average Bonchev–Trinajstić information content (AvgIpc) is 2.62. The van der Waals surface area contributed by atoms with Gasteiger partial charge in [-0.25, -0.2) is 4.98 Å². The first-order valence-electron chi connectivity index (χ1n) is 8.15. The number of aryl methyl sites for hydroxylation is 2. The summed E-state index contributed by atoms with van der Waals surface area (Å²) in [4.78, 5) is 9.01. The molecule has 2 aromatic carbocycles. The van der Waals surface area contributed by atoms with Crippen LogP contribution >= 0.6 is 0 Å². The van der Waals surface area contributed by atoms with Gasteiger partial charge >= 0.3 is 0 Å². The van der Waals surface area contributed by atoms with Crippen molar-refractivity contribution in [3.05, 3.63) is 71.4 Å². The fourth-order valence-electron chi connectivity index (χ4n) is 2.54. The normalized spacial score (nSPS) is 10.1. The van der Waals surface area contributed by atoms with Crippen molar-refractivity contribution < 1.29 is 0 Å². The van der Waals surface area contributed by atoms with Crippen molar-refractivity contribution in [3.63, 3.8) is 0 Å². The Labute approximate surface area is 147 Å². The first kappa shape index (κ1) is 16.5. The topological polar surface area (TPSA) is 73.6 Å². The monoisotopic (exact) mass is 329 g/mol. The molecular formula is C20H19N5. The molecule has 0 aliphatic carbocycles. The number of anilines is 4. The maximum Gasteiger partial charge on any atom is 0.229 e. The van der Waals surface area contributed by atoms with Crippen LogP contribution in [0.5, 0.6) is 0 Å². The van der Waals surface area contributed by atoms with Crippen LogP contribution in [0.25, 0.3) is 0 Å². The van der Waals surface area contributed by atoms with E-state index in [0.29, 0.717) is 17.3 Å². The number of para-hydroxylation sites is 1. The average molecular weight is 329 g/mol. The summed E-state index contributed by atoms with van der Waals surface area (Å²) in [6, 6.07) is 19.4. The molecule has 0 radical (unpaired) electrons. The highest BCUT2D eigenvalue weighted by Gasteiger charge is 2.06. The number of nitriles is 1. The standard InChI is InChI=1S/C20H19N5/c1-3-16-6-4-5-7-18(16)24-20-22-14(2)12-19(25-20)23-17-10-8-15(13-21)9-11-17/h4-12H,3H2,1-2H3,(H2,22,23,24,25). The fraction of sp³-hybridized carbons (Fsp3) is 0.150. The molecule has 5 heteroatoms. The lowest BCUT2D eigenvalue weighted by molar-refractivity contribution is 1.09. The number of aromatic nitrogens is 2. The van der Waals surface area contributed by atoms with Crippen LogP contribution in [0.4, 0.5) is 23.1 Å². The van der Waals surface area contributed by atoms with E-state index < -0.39 is 0 Å². The Bertz CT molecular complexity index is 910. The number of hydrogen-bond donors (Lipinski definition) is 2. The summed E-state index contributed by atoms with van der Waals surface area (Å²) in [7, 11) is 0. The van der Waals surface area contributed by atoms with Gasteiger partial charge in [0.05, 0.1) is 11.6 Å². The zero-order chi connectivity index (χ0) is 17.6. The van der Waals surface area contributed by atoms with Crippen molar-refractivity contribution in [3.8, 4) is 6.07 Å². The van der Waals surface area contributed by atoms with E-state index in [-0.39, 0.29) is 0 Å². The summed E-state index contributed by atoms with van der Waals surface area (Å²) < 4.78 is 0. The Balaban J connectivity index is 1.83. The molecular weight excluding hydrogens is 310 g/mol. The third-order valence-corrected chi connectivity index (χ3v) is 3.79. The van der Waals surface area contributed by atoms with Crippen LogP contribution in [0.3, 0.4) is 0 Å². The first-order valence-corrected chi connectivity index (χ1v) is 8.15. The molecule has 0 atom stereocenters. The van der Waals surface area contributed by atoms with Gasteiger partial charge in [-0.2, -0.15) is 10.2 Å². The Morgan fingerprint density at radius 1 is 1.00 bits per heavy atom. The van der Waals surface area contributed by atoms with Crippen molar-refractivity contribution in [2.75, 3.05) is 10.6 Å². The molecule has 0 amide bonds. The van der Waals surface area contributed by atoms with Crippen LogP contribution in [-0.2, 0) is 6.42 Å². The van der Waals surface area contributed by atoms with Gasteiger partial charge < -0.3 is 10.6 Å². The molecule has 0 saturated heterocycles. The number of nitrogens with one attached hydrogen (secondary N) is 2. The van der Waals surface area contributed by atoms with E-state index in [1.807, 2.05) is 43.3 Å². The third kappa shape index (κ3) is 4.12. The van der Waals surface area contributed by atoms with Gasteiger partial charge in [-0.1, -0.05) is 25.1 Å². The lowest BCUT2D eigenvalue weighted by Gasteiger charge is -2.12. The van der Waals surface area contributed by atoms with Crippen molar-refractivity contribution >= 4 is 23.1 Å². The predicted octanol–water partition coefficient (Wildman–Crippen LogP) is 4.71. The SMILES string of the molecule is CCc1ccccc1Nc1nc(C)cc(Nc2ccc(C#N)cc2)n1. The lowest BCUT2D eigenvalue weighted by atomic mass is 10.1. The van der Waals surface area contributed by atoms with Crippen LogP contribution in [0.15, 0.2) is 54.6 Å². The molecule has 3 rings (SSSR count). The zero-order valence-corrected chi connectivity index (χ0v) is 14.2. The Hall–Kier alpha value is -3.39. The van der Waals surface area contributed by atoms with Gasteiger partial charge in [-0.3, -0.25) is 0 Å². The summed E-state index contributed by atoms with van der Waals surface area (Å²) in [6.07, 6.45) is 0.936. The molecule has 0 saturated carbocycles. The molecule has 3 aromatic rings. The second kappa shape index (κ2) is 7.45. The number of nitrogens with zero attached hydrogens (tertiary/aromatic N) is 3. The maximum atomic E-state index is 8.87. The highest BCUT2D eigenvalue weighted by atomic mass is 15.1. The lowest BCUT2D eigenvalue weighted by Crippen LogP contribution is -2.03. The van der Waals surface area contributed by atoms with E-state index in [4.69, 9.17) is 5.26 Å². The van der Waals surface area contributed by atoms with E-state index in [2.05, 4.69) is 39.7 Å². The smallest absolute Gasteiger partial charge is 0.229 e. The molecule has 1 aromatic heterocycles. The largest absolute Gasteiger partial charge is 0.340 e. The van der Waals surface area contributed by atoms with Crippen LogP contribution in [0.2, 0.25) is 0 Å². The molecule has 5 nitrogen and oxygen atoms in total. The van der Waals surface area contributed by atoms with Crippen LogP contribution in [0, 0.1) is 18.3 Å². The zero-order valence-electron chi connectivity index (χ0n) is 14.2. The summed E-state index contributed by atoms with van der Waals surface area (Å²) in [5, 5.41) is 15.4. The molecule has 1 heterocycles. The minimum absolute atomic E-state index is 0.553. The molecule has 0 spiro atoms. The molecule has 0 unspecified atom stereocenters. The van der Waals surface area contributed by atoms with Gasteiger partial charge in [-0.15, -0.1) is 0 Å². The van der Waals surface area contributed by atoms with Crippen molar-refractivity contribution in [1.29, 1.82) is 5.26 Å². The molecule has 0 aliphatic heterocycles. The molecule has 25 heavy (non-hydrogen) atoms. The fourth-order valence-corrected chi connectivity index (χ4v) is 2.54. The number of hydrogen-bond acceptors (Lipinski definition) is 5. The molecule has 2 N–H and O–H groups in total. The Morgan fingerprint density at radius 2 is 1.76 bits per heavy atom. The second-order valence-corrected chi connectivity index (χ2v) is 5.67. The van der Waals surface area contributed by atoms with E-state index in [9.17, 15) is 0 Å². The Kier molecular flexibility index (Phi) is 4.91. The van der Waals surface area contributed by atoms with E-state index in [0.717, 1.165) is 23.5 Å². The van der Waals surface area contributed by atoms with E-state index in [1.54, 1.807) is 12.1 Å². The highest BCUT2D eigenvalue weighted by Crippen LogP contribution is 2.22. The number of benzene rings is 2. The molecule has 0 fully saturated rings. The highest BCUT2D eigenvalue weighted by molar-refractivity contribution is 5.62. The minimum atomic E-state index is 0.553. The number of rotatable bonds is 5. The maximum absolute atomic E-state index is 8.87. The third-order valence-electron chi connectivity index (χ3n) is 3.79. The van der Waals surface area contributed by atoms with Gasteiger partial charge in [0.2, 0.25) is 5.95 Å². The van der Waals surface area contributed by atoms with Gasteiger partial charge in [0.1, 0.15) is 5.82 Å². The summed E-state index contributed by atoms with van der Waals surface area (Å²) in [6.45, 7) is 4.05. The van der Waals surface area contributed by atoms with Gasteiger partial charge in [0, 0.05) is 23.1 Å². The van der Waals surface area contributed by atoms with Crippen LogP contribution < -0.4 is 10.6 Å². The second-order valence-electron chi connectivity index (χ2n) is 5.67. The molecule has 0 bridgehead atoms. The van der Waals surface area contributed by atoms with Crippen LogP contribution in [-0.4, -0.2) is 9.97 Å². The quantitative estimate of drug-likeness (QED) is 0.709. The summed E-state index contributed by atoms with van der Waals surface area (Å²) in [5.41, 5.74) is 4.59. The summed E-state index contributed by atoms with van der Waals surface area (Å²) in [5.74, 6) is 1.26. The predicted molar refractivity (Wildman–Crippen MR) is 100 cm³/mol. The Morgan fingerprint density at radius 3 is 2.48 bits per heavy atom. The van der Waals surface area contributed by atoms with Gasteiger partial charge in [-0.05, 0) is 49.2 Å². The van der Waals surface area contributed by atoms with Crippen molar-refractivity contribution in [2.24, 2.45) is 0 Å². The van der Waals surface area contributed by atoms with Crippen molar-refractivity contribution in [2.45, 2.75) is 20.3 Å². The van der Waals surface area contributed by atoms with Crippen molar-refractivity contribution in [1.82, 2.24) is 9.97 Å². The minimum Gasteiger partial charge on any atom is -0.340 e. The van der Waals surface area contributed by atoms with Gasteiger partial charge in [0.15, 0.2) is 0 Å². The van der Waals surface area contributed by atoms with E-state index in [1.165, 1.54) is 5.56 Å². The van der Waals surface area contributed by atoms with Crippen LogP contribution in [0.1, 0.15) is 23.7 Å². The van der Waals surface area contributed by atoms with Gasteiger partial charge in [0.25, 0.3) is 0 Å². The summed E-state index contributed by atoms with van der Waals surface area (Å²) >= 11 is 0.